The van der Waals surface area contributed by atoms with Crippen LogP contribution in [-0.4, -0.2) is 17.2 Å². The highest BCUT2D eigenvalue weighted by Crippen LogP contribution is 2.34. The summed E-state index contributed by atoms with van der Waals surface area (Å²) in [6.45, 7) is 5.90. The zero-order valence-corrected chi connectivity index (χ0v) is 11.8. The smallest absolute Gasteiger partial charge is 0.125 e. The van der Waals surface area contributed by atoms with E-state index in [4.69, 9.17) is 4.74 Å². The van der Waals surface area contributed by atoms with Gasteiger partial charge >= 0.3 is 0 Å². The van der Waals surface area contributed by atoms with Gasteiger partial charge < -0.3 is 9.84 Å². The van der Waals surface area contributed by atoms with E-state index in [2.05, 4.69) is 4.98 Å². The van der Waals surface area contributed by atoms with Crippen LogP contribution in [0.5, 0.6) is 5.75 Å². The second-order valence-electron chi connectivity index (χ2n) is 4.78. The van der Waals surface area contributed by atoms with Crippen molar-refractivity contribution in [1.29, 1.82) is 0 Å². The first-order valence-electron chi connectivity index (χ1n) is 6.29. The summed E-state index contributed by atoms with van der Waals surface area (Å²) in [5, 5.41) is 10.6. The number of aryl methyl sites for hydroxylation is 3. The maximum atomic E-state index is 10.6. The van der Waals surface area contributed by atoms with Gasteiger partial charge in [-0.2, -0.15) is 0 Å². The van der Waals surface area contributed by atoms with E-state index in [9.17, 15) is 5.11 Å². The third kappa shape index (κ3) is 2.61. The highest BCUT2D eigenvalue weighted by atomic mass is 16.5. The zero-order chi connectivity index (χ0) is 14.0. The van der Waals surface area contributed by atoms with Gasteiger partial charge in [0.05, 0.1) is 7.11 Å². The molecule has 3 heteroatoms. The van der Waals surface area contributed by atoms with Crippen molar-refractivity contribution in [3.63, 3.8) is 0 Å². The molecule has 2 rings (SSSR count). The van der Waals surface area contributed by atoms with Crippen LogP contribution in [-0.2, 0) is 0 Å². The van der Waals surface area contributed by atoms with E-state index in [0.717, 1.165) is 27.9 Å². The third-order valence-corrected chi connectivity index (χ3v) is 3.33. The Morgan fingerprint density at radius 1 is 1.21 bits per heavy atom. The molecule has 0 saturated carbocycles. The Balaban J connectivity index is 2.56. The lowest BCUT2D eigenvalue weighted by molar-refractivity contribution is 0.212. The second-order valence-corrected chi connectivity index (χ2v) is 4.78. The number of ether oxygens (including phenoxy) is 1. The van der Waals surface area contributed by atoms with Crippen molar-refractivity contribution in [2.75, 3.05) is 7.11 Å². The summed E-state index contributed by atoms with van der Waals surface area (Å²) in [4.78, 5) is 4.23. The Morgan fingerprint density at radius 3 is 2.58 bits per heavy atom. The molecule has 0 spiro atoms. The number of methoxy groups -OCH3 is 1. The number of aliphatic hydroxyl groups is 1. The van der Waals surface area contributed by atoms with Crippen molar-refractivity contribution < 1.29 is 9.84 Å². The van der Waals surface area contributed by atoms with Crippen LogP contribution in [0.4, 0.5) is 0 Å². The number of aromatic nitrogens is 1. The summed E-state index contributed by atoms with van der Waals surface area (Å²) in [7, 11) is 1.63. The zero-order valence-electron chi connectivity index (χ0n) is 11.8. The first-order chi connectivity index (χ1) is 9.04. The number of hydrogen-bond donors (Lipinski definition) is 1. The first kappa shape index (κ1) is 13.6. The van der Waals surface area contributed by atoms with Crippen molar-refractivity contribution in [3.05, 3.63) is 58.4 Å². The first-order valence-corrected chi connectivity index (χ1v) is 6.29. The summed E-state index contributed by atoms with van der Waals surface area (Å²) < 4.78 is 5.41. The van der Waals surface area contributed by atoms with Gasteiger partial charge in [0, 0.05) is 23.0 Å². The summed E-state index contributed by atoms with van der Waals surface area (Å²) in [6, 6.07) is 7.72. The molecular formula is C16H19NO2. The molecule has 0 aliphatic heterocycles. The van der Waals surface area contributed by atoms with Gasteiger partial charge in [0.25, 0.3) is 0 Å². The molecule has 1 N–H and O–H groups in total. The van der Waals surface area contributed by atoms with Crippen LogP contribution in [0.1, 0.15) is 34.1 Å². The van der Waals surface area contributed by atoms with Crippen molar-refractivity contribution >= 4 is 0 Å². The Bertz CT molecular complexity index is 593. The molecule has 0 bridgehead atoms. The van der Waals surface area contributed by atoms with Crippen molar-refractivity contribution in [1.82, 2.24) is 4.98 Å². The molecule has 0 aliphatic rings. The fourth-order valence-electron chi connectivity index (χ4n) is 2.40. The summed E-state index contributed by atoms with van der Waals surface area (Å²) >= 11 is 0. The maximum absolute atomic E-state index is 10.6. The topological polar surface area (TPSA) is 42.4 Å². The molecule has 3 nitrogen and oxygen atoms in total. The monoisotopic (exact) mass is 257 g/mol. The van der Waals surface area contributed by atoms with Crippen LogP contribution in [0.15, 0.2) is 30.5 Å². The largest absolute Gasteiger partial charge is 0.496 e. The average molecular weight is 257 g/mol. The molecule has 2 aromatic rings. The lowest BCUT2D eigenvalue weighted by atomic mass is 9.94. The minimum Gasteiger partial charge on any atom is -0.496 e. The highest BCUT2D eigenvalue weighted by Gasteiger charge is 2.20. The molecular weight excluding hydrogens is 238 g/mol. The van der Waals surface area contributed by atoms with E-state index in [1.165, 1.54) is 0 Å². The van der Waals surface area contributed by atoms with Crippen LogP contribution in [0.25, 0.3) is 0 Å². The van der Waals surface area contributed by atoms with E-state index >= 15 is 0 Å². The van der Waals surface area contributed by atoms with Gasteiger partial charge in [0.15, 0.2) is 0 Å². The Labute approximate surface area is 113 Å². The predicted molar refractivity (Wildman–Crippen MR) is 75.5 cm³/mol. The minimum absolute atomic E-state index is 0.716. The summed E-state index contributed by atoms with van der Waals surface area (Å²) in [5.41, 5.74) is 4.59. The van der Waals surface area contributed by atoms with Crippen molar-refractivity contribution in [2.45, 2.75) is 26.9 Å². The third-order valence-electron chi connectivity index (χ3n) is 3.33. The minimum atomic E-state index is -0.718. The number of pyridine rings is 1. The van der Waals surface area contributed by atoms with E-state index < -0.39 is 6.10 Å². The molecule has 0 aliphatic carbocycles. The number of nitrogens with zero attached hydrogens (tertiary/aromatic N) is 1. The number of rotatable bonds is 3. The lowest BCUT2D eigenvalue weighted by Crippen LogP contribution is -2.07. The molecule has 1 heterocycles. The van der Waals surface area contributed by atoms with Crippen LogP contribution in [0.3, 0.4) is 0 Å². The second kappa shape index (κ2) is 5.41. The summed E-state index contributed by atoms with van der Waals surface area (Å²) in [5.74, 6) is 0.716. The molecule has 19 heavy (non-hydrogen) atoms. The Kier molecular flexibility index (Phi) is 3.86. The van der Waals surface area contributed by atoms with Gasteiger partial charge in [-0.05, 0) is 44.0 Å². The van der Waals surface area contributed by atoms with Crippen LogP contribution < -0.4 is 4.74 Å². The van der Waals surface area contributed by atoms with Gasteiger partial charge in [-0.1, -0.05) is 12.1 Å². The lowest BCUT2D eigenvalue weighted by Gasteiger charge is -2.19. The molecule has 1 aromatic carbocycles. The quantitative estimate of drug-likeness (QED) is 0.918. The summed E-state index contributed by atoms with van der Waals surface area (Å²) in [6.07, 6.45) is 1.01. The predicted octanol–water partition coefficient (Wildman–Crippen LogP) is 3.10. The molecule has 0 radical (unpaired) electrons. The Hall–Kier alpha value is -1.87. The van der Waals surface area contributed by atoms with Crippen molar-refractivity contribution in [3.8, 4) is 5.75 Å². The maximum Gasteiger partial charge on any atom is 0.125 e. The fraction of sp³-hybridized carbons (Fsp3) is 0.312. The van der Waals surface area contributed by atoms with Gasteiger partial charge in [0.1, 0.15) is 11.9 Å². The molecule has 0 fully saturated rings. The van der Waals surface area contributed by atoms with Crippen molar-refractivity contribution in [2.24, 2.45) is 0 Å². The molecule has 1 aromatic heterocycles. The van der Waals surface area contributed by atoms with E-state index in [-0.39, 0.29) is 0 Å². The normalized spacial score (nSPS) is 12.3. The molecule has 1 atom stereocenters. The fourth-order valence-corrected chi connectivity index (χ4v) is 2.40. The number of benzene rings is 1. The van der Waals surface area contributed by atoms with E-state index in [1.54, 1.807) is 13.3 Å². The van der Waals surface area contributed by atoms with Crippen LogP contribution in [0.2, 0.25) is 0 Å². The van der Waals surface area contributed by atoms with Gasteiger partial charge in [-0.25, -0.2) is 0 Å². The molecule has 0 amide bonds. The van der Waals surface area contributed by atoms with Gasteiger partial charge in [-0.3, -0.25) is 4.98 Å². The van der Waals surface area contributed by atoms with E-state index in [1.807, 2.05) is 45.0 Å². The number of aliphatic hydroxyl groups excluding tert-OH is 1. The average Bonchev–Trinajstić information content (AvgIpc) is 2.37. The number of hydrogen-bond acceptors (Lipinski definition) is 3. The van der Waals surface area contributed by atoms with Gasteiger partial charge in [0.2, 0.25) is 0 Å². The standard InChI is InChI=1S/C16H19NO2/c1-10-8-11(2)15(14(9-10)19-4)16(18)13-6-5-7-17-12(13)3/h5-9,16,18H,1-4H3. The van der Waals surface area contributed by atoms with Crippen LogP contribution in [0, 0.1) is 20.8 Å². The molecule has 1 unspecified atom stereocenters. The molecule has 100 valence electrons. The molecule has 0 saturated heterocycles. The van der Waals surface area contributed by atoms with Gasteiger partial charge in [-0.15, -0.1) is 0 Å². The SMILES string of the molecule is COc1cc(C)cc(C)c1C(O)c1cccnc1C. The van der Waals surface area contributed by atoms with Crippen LogP contribution >= 0.6 is 0 Å². The highest BCUT2D eigenvalue weighted by molar-refractivity contribution is 5.48. The van der Waals surface area contributed by atoms with E-state index in [0.29, 0.717) is 5.75 Å². The Morgan fingerprint density at radius 2 is 1.95 bits per heavy atom.